The fourth-order valence-corrected chi connectivity index (χ4v) is 2.84. The van der Waals surface area contributed by atoms with Crippen molar-refractivity contribution in [1.82, 2.24) is 18.9 Å². The van der Waals surface area contributed by atoms with Gasteiger partial charge in [0.05, 0.1) is 24.6 Å². The Bertz CT molecular complexity index is 1050. The molecule has 6 heteroatoms. The summed E-state index contributed by atoms with van der Waals surface area (Å²) in [4.78, 5) is 21.6. The van der Waals surface area contributed by atoms with Crippen molar-refractivity contribution >= 4 is 16.6 Å². The predicted molar refractivity (Wildman–Crippen MR) is 91.5 cm³/mol. The van der Waals surface area contributed by atoms with Gasteiger partial charge in [-0.1, -0.05) is 12.1 Å². The van der Waals surface area contributed by atoms with E-state index in [1.54, 1.807) is 24.1 Å². The van der Waals surface area contributed by atoms with Crippen molar-refractivity contribution in [3.8, 4) is 5.75 Å². The molecule has 24 heavy (non-hydrogen) atoms. The number of fused-ring (bicyclic) bond motifs is 2. The van der Waals surface area contributed by atoms with Gasteiger partial charge >= 0.3 is 0 Å². The zero-order chi connectivity index (χ0) is 16.5. The van der Waals surface area contributed by atoms with Gasteiger partial charge in [-0.25, -0.2) is 9.97 Å². The Balaban J connectivity index is 1.67. The van der Waals surface area contributed by atoms with Crippen LogP contribution in [0.25, 0.3) is 16.6 Å². The number of aromatic nitrogens is 4. The number of hydrogen-bond acceptors (Lipinski definition) is 4. The lowest BCUT2D eigenvalue weighted by atomic mass is 10.2. The highest BCUT2D eigenvalue weighted by atomic mass is 16.5. The average Bonchev–Trinajstić information content (AvgIpc) is 3.03. The van der Waals surface area contributed by atoms with Crippen molar-refractivity contribution < 1.29 is 4.74 Å². The van der Waals surface area contributed by atoms with Crippen LogP contribution < -0.4 is 10.3 Å². The Morgan fingerprint density at radius 1 is 1.17 bits per heavy atom. The monoisotopic (exact) mass is 320 g/mol. The minimum absolute atomic E-state index is 0.0961. The van der Waals surface area contributed by atoms with Crippen LogP contribution >= 0.6 is 0 Å². The standard InChI is InChI=1S/C18H16N4O2/c1-24-15-6-4-5-14-17(15)18(23)22(12-19-14)10-8-13-11-21-9-3-2-7-16(21)20-13/h2-7,9,11-12H,8,10H2,1H3. The number of aryl methyl sites for hydroxylation is 2. The van der Waals surface area contributed by atoms with Gasteiger partial charge in [-0.2, -0.15) is 0 Å². The maximum Gasteiger partial charge on any atom is 0.264 e. The van der Waals surface area contributed by atoms with Crippen LogP contribution in [0.15, 0.2) is 59.9 Å². The number of pyridine rings is 1. The van der Waals surface area contributed by atoms with Crippen LogP contribution in [0.3, 0.4) is 0 Å². The largest absolute Gasteiger partial charge is 0.496 e. The maximum atomic E-state index is 12.7. The molecule has 0 saturated heterocycles. The summed E-state index contributed by atoms with van der Waals surface area (Å²) in [5.41, 5.74) is 2.39. The fourth-order valence-electron chi connectivity index (χ4n) is 2.84. The number of nitrogens with zero attached hydrogens (tertiary/aromatic N) is 4. The molecule has 1 aromatic carbocycles. The summed E-state index contributed by atoms with van der Waals surface area (Å²) in [6.07, 6.45) is 6.18. The smallest absolute Gasteiger partial charge is 0.264 e. The van der Waals surface area contributed by atoms with Crippen LogP contribution in [0, 0.1) is 0 Å². The molecule has 0 aliphatic carbocycles. The first kappa shape index (κ1) is 14.4. The highest BCUT2D eigenvalue weighted by molar-refractivity contribution is 5.83. The third-order valence-corrected chi connectivity index (χ3v) is 4.06. The highest BCUT2D eigenvalue weighted by Gasteiger charge is 2.10. The van der Waals surface area contributed by atoms with Gasteiger partial charge in [0.2, 0.25) is 0 Å². The van der Waals surface area contributed by atoms with Crippen LogP contribution in [0.5, 0.6) is 5.75 Å². The summed E-state index contributed by atoms with van der Waals surface area (Å²) in [5, 5.41) is 0.512. The van der Waals surface area contributed by atoms with Gasteiger partial charge in [-0.3, -0.25) is 9.36 Å². The molecular formula is C18H16N4O2. The molecule has 0 fully saturated rings. The molecule has 0 spiro atoms. The molecule has 4 aromatic rings. The molecule has 0 radical (unpaired) electrons. The second kappa shape index (κ2) is 5.81. The molecule has 0 N–H and O–H groups in total. The number of benzene rings is 1. The summed E-state index contributed by atoms with van der Waals surface area (Å²) in [6.45, 7) is 0.518. The van der Waals surface area contributed by atoms with Crippen LogP contribution in [-0.4, -0.2) is 26.0 Å². The summed E-state index contributed by atoms with van der Waals surface area (Å²) in [7, 11) is 1.56. The van der Waals surface area contributed by atoms with E-state index in [0.717, 1.165) is 11.3 Å². The SMILES string of the molecule is COc1cccc2ncn(CCc3cn4ccccc4n3)c(=O)c12. The van der Waals surface area contributed by atoms with Gasteiger partial charge in [0, 0.05) is 25.4 Å². The Kier molecular flexibility index (Phi) is 3.49. The Morgan fingerprint density at radius 3 is 2.92 bits per heavy atom. The fraction of sp³-hybridized carbons (Fsp3) is 0.167. The highest BCUT2D eigenvalue weighted by Crippen LogP contribution is 2.19. The summed E-state index contributed by atoms with van der Waals surface area (Å²) in [5.74, 6) is 0.548. The van der Waals surface area contributed by atoms with Gasteiger partial charge in [-0.15, -0.1) is 0 Å². The first-order chi connectivity index (χ1) is 11.8. The van der Waals surface area contributed by atoms with E-state index in [1.165, 1.54) is 0 Å². The molecule has 0 unspecified atom stereocenters. The molecular weight excluding hydrogens is 304 g/mol. The molecule has 3 heterocycles. The second-order valence-electron chi connectivity index (χ2n) is 5.55. The zero-order valence-corrected chi connectivity index (χ0v) is 13.2. The molecule has 0 aliphatic rings. The second-order valence-corrected chi connectivity index (χ2v) is 5.55. The first-order valence-corrected chi connectivity index (χ1v) is 7.71. The van der Waals surface area contributed by atoms with E-state index < -0.39 is 0 Å². The topological polar surface area (TPSA) is 61.4 Å². The van der Waals surface area contributed by atoms with E-state index in [-0.39, 0.29) is 5.56 Å². The van der Waals surface area contributed by atoms with Gasteiger partial charge in [0.15, 0.2) is 0 Å². The van der Waals surface area contributed by atoms with E-state index in [0.29, 0.717) is 29.6 Å². The van der Waals surface area contributed by atoms with E-state index in [2.05, 4.69) is 9.97 Å². The van der Waals surface area contributed by atoms with Crippen LogP contribution in [0.2, 0.25) is 0 Å². The third-order valence-electron chi connectivity index (χ3n) is 4.06. The predicted octanol–water partition coefficient (Wildman–Crippen LogP) is 2.30. The molecule has 120 valence electrons. The van der Waals surface area contributed by atoms with Crippen molar-refractivity contribution in [2.75, 3.05) is 7.11 Å². The van der Waals surface area contributed by atoms with Gasteiger partial charge in [0.25, 0.3) is 5.56 Å². The van der Waals surface area contributed by atoms with Crippen molar-refractivity contribution in [3.05, 3.63) is 71.2 Å². The van der Waals surface area contributed by atoms with Crippen LogP contribution in [0.4, 0.5) is 0 Å². The number of rotatable bonds is 4. The molecule has 0 amide bonds. The van der Waals surface area contributed by atoms with Gasteiger partial charge in [-0.05, 0) is 24.3 Å². The average molecular weight is 320 g/mol. The lowest BCUT2D eigenvalue weighted by Crippen LogP contribution is -2.22. The number of ether oxygens (including phenoxy) is 1. The molecule has 3 aromatic heterocycles. The lowest BCUT2D eigenvalue weighted by molar-refractivity contribution is 0.419. The summed E-state index contributed by atoms with van der Waals surface area (Å²) >= 11 is 0. The molecule has 6 nitrogen and oxygen atoms in total. The molecule has 0 saturated carbocycles. The van der Waals surface area contributed by atoms with E-state index >= 15 is 0 Å². The van der Waals surface area contributed by atoms with Crippen LogP contribution in [0.1, 0.15) is 5.69 Å². The molecule has 0 aliphatic heterocycles. The van der Waals surface area contributed by atoms with Crippen molar-refractivity contribution in [3.63, 3.8) is 0 Å². The molecule has 4 rings (SSSR count). The molecule has 0 atom stereocenters. The van der Waals surface area contributed by atoms with Gasteiger partial charge < -0.3 is 9.14 Å². The van der Waals surface area contributed by atoms with Crippen molar-refractivity contribution in [2.24, 2.45) is 0 Å². The maximum absolute atomic E-state index is 12.7. The van der Waals surface area contributed by atoms with Gasteiger partial charge in [0.1, 0.15) is 16.8 Å². The third kappa shape index (κ3) is 2.42. The molecule has 0 bridgehead atoms. The Hall–Kier alpha value is -3.15. The van der Waals surface area contributed by atoms with E-state index in [4.69, 9.17) is 4.74 Å². The lowest BCUT2D eigenvalue weighted by Gasteiger charge is -2.08. The van der Waals surface area contributed by atoms with E-state index in [9.17, 15) is 4.79 Å². The summed E-state index contributed by atoms with van der Waals surface area (Å²) in [6, 6.07) is 11.3. The Labute approximate surface area is 138 Å². The van der Waals surface area contributed by atoms with E-state index in [1.807, 2.05) is 47.1 Å². The minimum atomic E-state index is -0.0961. The summed E-state index contributed by atoms with van der Waals surface area (Å²) < 4.78 is 8.87. The number of imidazole rings is 1. The number of hydrogen-bond donors (Lipinski definition) is 0. The van der Waals surface area contributed by atoms with Crippen molar-refractivity contribution in [2.45, 2.75) is 13.0 Å². The van der Waals surface area contributed by atoms with Crippen LogP contribution in [-0.2, 0) is 13.0 Å². The Morgan fingerprint density at radius 2 is 2.08 bits per heavy atom. The van der Waals surface area contributed by atoms with Crippen molar-refractivity contribution in [1.29, 1.82) is 0 Å². The minimum Gasteiger partial charge on any atom is -0.496 e. The zero-order valence-electron chi connectivity index (χ0n) is 13.2. The first-order valence-electron chi connectivity index (χ1n) is 7.71. The quantitative estimate of drug-likeness (QED) is 0.579. The number of methoxy groups -OCH3 is 1. The normalized spacial score (nSPS) is 11.2.